The molecule has 0 fully saturated rings. The summed E-state index contributed by atoms with van der Waals surface area (Å²) < 4.78 is 7.46. The molecular formula is C16H17N5O. The monoisotopic (exact) mass is 295 g/mol. The van der Waals surface area contributed by atoms with Gasteiger partial charge in [0.15, 0.2) is 5.82 Å². The van der Waals surface area contributed by atoms with Gasteiger partial charge in [-0.1, -0.05) is 19.1 Å². The van der Waals surface area contributed by atoms with Gasteiger partial charge in [-0.05, 0) is 53.2 Å². The zero-order chi connectivity index (χ0) is 15.4. The molecule has 112 valence electrons. The van der Waals surface area contributed by atoms with Crippen molar-refractivity contribution in [2.24, 2.45) is 0 Å². The summed E-state index contributed by atoms with van der Waals surface area (Å²) in [6.45, 7) is 2.72. The molecule has 22 heavy (non-hydrogen) atoms. The summed E-state index contributed by atoms with van der Waals surface area (Å²) in [6.07, 6.45) is 0.939. The molecule has 3 rings (SSSR count). The summed E-state index contributed by atoms with van der Waals surface area (Å²) in [4.78, 5) is 0. The van der Waals surface area contributed by atoms with Gasteiger partial charge in [0.1, 0.15) is 11.4 Å². The summed E-state index contributed by atoms with van der Waals surface area (Å²) in [5.74, 6) is 1.40. The molecule has 0 radical (unpaired) electrons. The number of nitrogen functional groups attached to an aromatic ring is 1. The number of anilines is 1. The standard InChI is InChI=1S/C16H17N5O/c1-2-11-22-15-6-4-3-5-14(15)21-16(18-19-20-21)12-7-9-13(17)10-8-12/h3-10H,2,11,17H2,1H3. The van der Waals surface area contributed by atoms with E-state index in [4.69, 9.17) is 10.5 Å². The van der Waals surface area contributed by atoms with Gasteiger partial charge in [-0.3, -0.25) is 0 Å². The molecular weight excluding hydrogens is 278 g/mol. The molecule has 1 heterocycles. The lowest BCUT2D eigenvalue weighted by atomic mass is 10.2. The third-order valence-corrected chi connectivity index (χ3v) is 3.19. The fourth-order valence-electron chi connectivity index (χ4n) is 2.13. The highest BCUT2D eigenvalue weighted by Crippen LogP contribution is 2.26. The largest absolute Gasteiger partial charge is 0.491 e. The number of rotatable bonds is 5. The second kappa shape index (κ2) is 6.26. The highest BCUT2D eigenvalue weighted by Gasteiger charge is 2.14. The van der Waals surface area contributed by atoms with Crippen LogP contribution in [0.5, 0.6) is 5.75 Å². The minimum atomic E-state index is 0.646. The van der Waals surface area contributed by atoms with E-state index in [0.29, 0.717) is 18.1 Å². The van der Waals surface area contributed by atoms with Gasteiger partial charge in [-0.15, -0.1) is 5.10 Å². The highest BCUT2D eigenvalue weighted by atomic mass is 16.5. The number of aromatic nitrogens is 4. The van der Waals surface area contributed by atoms with E-state index in [1.165, 1.54) is 0 Å². The molecule has 0 unspecified atom stereocenters. The molecule has 0 aliphatic rings. The molecule has 0 amide bonds. The quantitative estimate of drug-likeness (QED) is 0.732. The van der Waals surface area contributed by atoms with Gasteiger partial charge in [-0.25, -0.2) is 0 Å². The summed E-state index contributed by atoms with van der Waals surface area (Å²) >= 11 is 0. The Morgan fingerprint density at radius 2 is 1.86 bits per heavy atom. The van der Waals surface area contributed by atoms with Crippen LogP contribution in [0.25, 0.3) is 17.1 Å². The van der Waals surface area contributed by atoms with Crippen molar-refractivity contribution in [2.45, 2.75) is 13.3 Å². The number of nitrogens with zero attached hydrogens (tertiary/aromatic N) is 4. The van der Waals surface area contributed by atoms with Crippen LogP contribution in [-0.2, 0) is 0 Å². The van der Waals surface area contributed by atoms with E-state index in [2.05, 4.69) is 22.4 Å². The van der Waals surface area contributed by atoms with Crippen LogP contribution in [-0.4, -0.2) is 26.8 Å². The highest BCUT2D eigenvalue weighted by molar-refractivity contribution is 5.61. The maximum Gasteiger partial charge on any atom is 0.187 e. The van der Waals surface area contributed by atoms with E-state index in [1.54, 1.807) is 4.68 Å². The van der Waals surface area contributed by atoms with Crippen LogP contribution in [0, 0.1) is 0 Å². The van der Waals surface area contributed by atoms with Gasteiger partial charge in [0.25, 0.3) is 0 Å². The summed E-state index contributed by atoms with van der Waals surface area (Å²) in [6, 6.07) is 15.2. The summed E-state index contributed by atoms with van der Waals surface area (Å²) in [7, 11) is 0. The van der Waals surface area contributed by atoms with Crippen LogP contribution in [0.4, 0.5) is 5.69 Å². The minimum absolute atomic E-state index is 0.646. The summed E-state index contributed by atoms with van der Waals surface area (Å²) in [5.41, 5.74) is 8.14. The molecule has 0 spiro atoms. The molecule has 6 heteroatoms. The molecule has 1 aromatic heterocycles. The second-order valence-electron chi connectivity index (χ2n) is 4.85. The Morgan fingerprint density at radius 3 is 2.64 bits per heavy atom. The summed E-state index contributed by atoms with van der Waals surface area (Å²) in [5, 5.41) is 12.0. The van der Waals surface area contributed by atoms with Crippen LogP contribution in [0.15, 0.2) is 48.5 Å². The first-order chi connectivity index (χ1) is 10.8. The van der Waals surface area contributed by atoms with Gasteiger partial charge in [0.05, 0.1) is 6.61 Å². The van der Waals surface area contributed by atoms with E-state index in [0.717, 1.165) is 23.4 Å². The zero-order valence-electron chi connectivity index (χ0n) is 12.3. The average molecular weight is 295 g/mol. The maximum atomic E-state index is 5.78. The smallest absolute Gasteiger partial charge is 0.187 e. The van der Waals surface area contributed by atoms with Crippen molar-refractivity contribution < 1.29 is 4.74 Å². The number of hydrogen-bond donors (Lipinski definition) is 1. The van der Waals surface area contributed by atoms with Crippen molar-refractivity contribution in [3.8, 4) is 22.8 Å². The Hall–Kier alpha value is -2.89. The molecule has 0 atom stereocenters. The molecule has 0 saturated carbocycles. The molecule has 6 nitrogen and oxygen atoms in total. The molecule has 2 aromatic carbocycles. The van der Waals surface area contributed by atoms with Crippen molar-refractivity contribution in [1.29, 1.82) is 0 Å². The zero-order valence-corrected chi connectivity index (χ0v) is 12.3. The van der Waals surface area contributed by atoms with Gasteiger partial charge in [0, 0.05) is 11.3 Å². The average Bonchev–Trinajstić information content (AvgIpc) is 3.03. The predicted molar refractivity (Wildman–Crippen MR) is 84.8 cm³/mol. The lowest BCUT2D eigenvalue weighted by molar-refractivity contribution is 0.316. The van der Waals surface area contributed by atoms with Crippen molar-refractivity contribution in [3.63, 3.8) is 0 Å². The van der Waals surface area contributed by atoms with E-state index < -0.39 is 0 Å². The van der Waals surface area contributed by atoms with Crippen molar-refractivity contribution in [1.82, 2.24) is 20.2 Å². The Morgan fingerprint density at radius 1 is 1.09 bits per heavy atom. The van der Waals surface area contributed by atoms with Crippen molar-refractivity contribution in [2.75, 3.05) is 12.3 Å². The van der Waals surface area contributed by atoms with Crippen LogP contribution in [0.2, 0.25) is 0 Å². The van der Waals surface area contributed by atoms with E-state index in [1.807, 2.05) is 48.5 Å². The second-order valence-corrected chi connectivity index (χ2v) is 4.85. The third-order valence-electron chi connectivity index (χ3n) is 3.19. The van der Waals surface area contributed by atoms with Gasteiger partial charge in [0.2, 0.25) is 0 Å². The molecule has 3 aromatic rings. The van der Waals surface area contributed by atoms with E-state index >= 15 is 0 Å². The van der Waals surface area contributed by atoms with Gasteiger partial charge in [-0.2, -0.15) is 4.68 Å². The number of benzene rings is 2. The SMILES string of the molecule is CCCOc1ccccc1-n1nnnc1-c1ccc(N)cc1. The number of hydrogen-bond acceptors (Lipinski definition) is 5. The van der Waals surface area contributed by atoms with Crippen LogP contribution in [0.3, 0.4) is 0 Å². The number of ether oxygens (including phenoxy) is 1. The molecule has 0 aliphatic heterocycles. The molecule has 0 bridgehead atoms. The number of nitrogens with two attached hydrogens (primary N) is 1. The Kier molecular flexibility index (Phi) is 4.00. The third kappa shape index (κ3) is 2.76. The lowest BCUT2D eigenvalue weighted by Crippen LogP contribution is -2.04. The Bertz CT molecular complexity index is 751. The van der Waals surface area contributed by atoms with Gasteiger partial charge < -0.3 is 10.5 Å². The first kappa shape index (κ1) is 14.1. The molecule has 0 saturated heterocycles. The fraction of sp³-hybridized carbons (Fsp3) is 0.188. The fourth-order valence-corrected chi connectivity index (χ4v) is 2.13. The minimum Gasteiger partial charge on any atom is -0.491 e. The Balaban J connectivity index is 2.03. The van der Waals surface area contributed by atoms with Crippen LogP contribution in [0.1, 0.15) is 13.3 Å². The van der Waals surface area contributed by atoms with Crippen molar-refractivity contribution >= 4 is 5.69 Å². The topological polar surface area (TPSA) is 78.8 Å². The molecule has 2 N–H and O–H groups in total. The van der Waals surface area contributed by atoms with Crippen LogP contribution >= 0.6 is 0 Å². The predicted octanol–water partition coefficient (Wildman–Crippen LogP) is 2.70. The first-order valence-electron chi connectivity index (χ1n) is 7.16. The number of para-hydroxylation sites is 2. The molecule has 0 aliphatic carbocycles. The van der Waals surface area contributed by atoms with Crippen LogP contribution < -0.4 is 10.5 Å². The number of tetrazole rings is 1. The normalized spacial score (nSPS) is 10.6. The van der Waals surface area contributed by atoms with Crippen molar-refractivity contribution in [3.05, 3.63) is 48.5 Å². The van der Waals surface area contributed by atoms with E-state index in [9.17, 15) is 0 Å². The van der Waals surface area contributed by atoms with Gasteiger partial charge >= 0.3 is 0 Å². The lowest BCUT2D eigenvalue weighted by Gasteiger charge is -2.11. The first-order valence-corrected chi connectivity index (χ1v) is 7.16. The maximum absolute atomic E-state index is 5.78. The Labute approximate surface area is 128 Å². The van der Waals surface area contributed by atoms with E-state index in [-0.39, 0.29) is 0 Å².